The van der Waals surface area contributed by atoms with Crippen molar-refractivity contribution in [2.24, 2.45) is 0 Å². The molecular weight excluding hydrogens is 300 g/mol. The zero-order chi connectivity index (χ0) is 15.9. The Morgan fingerprint density at radius 1 is 1.00 bits per heavy atom. The number of aromatic nitrogens is 1. The average molecular weight is 314 g/mol. The number of allylic oxidation sites excluding steroid dienone is 3. The van der Waals surface area contributed by atoms with Gasteiger partial charge in [0.1, 0.15) is 11.1 Å². The van der Waals surface area contributed by atoms with Crippen molar-refractivity contribution >= 4 is 23.0 Å². The molecule has 0 spiro atoms. The summed E-state index contributed by atoms with van der Waals surface area (Å²) < 4.78 is 0. The number of nitrogens with zero attached hydrogens (tertiary/aromatic N) is 2. The second-order valence-electron chi connectivity index (χ2n) is 4.87. The Labute approximate surface area is 139 Å². The van der Waals surface area contributed by atoms with Crippen molar-refractivity contribution in [3.8, 4) is 17.3 Å². The summed E-state index contributed by atoms with van der Waals surface area (Å²) in [5.74, 6) is 0. The first kappa shape index (κ1) is 15.0. The second kappa shape index (κ2) is 7.35. The van der Waals surface area contributed by atoms with Crippen LogP contribution in [0, 0.1) is 11.3 Å². The standard InChI is InChI=1S/C20H14N2S/c21-14-18(13-7-10-16-8-3-1-4-9-16)20-22-19(15-23-20)17-11-5-2-6-12-17/h1-13,15H/b10-7+,18-13+. The molecular formula is C20H14N2S. The number of hydrogen-bond donors (Lipinski definition) is 0. The summed E-state index contributed by atoms with van der Waals surface area (Å²) in [6.07, 6.45) is 5.67. The summed E-state index contributed by atoms with van der Waals surface area (Å²) in [5.41, 5.74) is 3.64. The first-order chi connectivity index (χ1) is 11.4. The highest BCUT2D eigenvalue weighted by molar-refractivity contribution is 7.11. The summed E-state index contributed by atoms with van der Waals surface area (Å²) >= 11 is 1.49. The van der Waals surface area contributed by atoms with Gasteiger partial charge in [0, 0.05) is 10.9 Å². The Balaban J connectivity index is 1.82. The molecule has 1 heterocycles. The van der Waals surface area contributed by atoms with Crippen LogP contribution < -0.4 is 0 Å². The minimum Gasteiger partial charge on any atom is -0.235 e. The third-order valence-corrected chi connectivity index (χ3v) is 4.15. The van der Waals surface area contributed by atoms with Gasteiger partial charge in [0.2, 0.25) is 0 Å². The van der Waals surface area contributed by atoms with Gasteiger partial charge in [0.05, 0.1) is 11.3 Å². The first-order valence-electron chi connectivity index (χ1n) is 7.21. The molecule has 2 aromatic carbocycles. The van der Waals surface area contributed by atoms with Crippen molar-refractivity contribution in [2.75, 3.05) is 0 Å². The minimum absolute atomic E-state index is 0.573. The maximum atomic E-state index is 9.37. The lowest BCUT2D eigenvalue weighted by Gasteiger charge is -1.94. The molecule has 3 rings (SSSR count). The van der Waals surface area contributed by atoms with Crippen LogP contribution in [0.3, 0.4) is 0 Å². The molecule has 1 aromatic heterocycles. The van der Waals surface area contributed by atoms with E-state index in [9.17, 15) is 5.26 Å². The molecule has 0 aliphatic heterocycles. The zero-order valence-corrected chi connectivity index (χ0v) is 13.2. The van der Waals surface area contributed by atoms with Crippen molar-refractivity contribution in [3.63, 3.8) is 0 Å². The Kier molecular flexibility index (Phi) is 4.78. The van der Waals surface area contributed by atoms with Gasteiger partial charge in [-0.25, -0.2) is 4.98 Å². The molecule has 0 atom stereocenters. The van der Waals surface area contributed by atoms with Gasteiger partial charge in [0.25, 0.3) is 0 Å². The number of thiazole rings is 1. The van der Waals surface area contributed by atoms with E-state index >= 15 is 0 Å². The van der Waals surface area contributed by atoms with Crippen LogP contribution in [0.25, 0.3) is 22.9 Å². The Bertz CT molecular complexity index is 869. The van der Waals surface area contributed by atoms with Gasteiger partial charge in [-0.05, 0) is 11.6 Å². The predicted molar refractivity (Wildman–Crippen MR) is 96.6 cm³/mol. The van der Waals surface area contributed by atoms with Crippen molar-refractivity contribution in [2.45, 2.75) is 0 Å². The lowest BCUT2D eigenvalue weighted by Crippen LogP contribution is -1.81. The molecule has 0 saturated carbocycles. The fourth-order valence-corrected chi connectivity index (χ4v) is 2.92. The van der Waals surface area contributed by atoms with Crippen LogP contribution in [0.5, 0.6) is 0 Å². The number of hydrogen-bond acceptors (Lipinski definition) is 3. The van der Waals surface area contributed by atoms with Crippen LogP contribution in [-0.4, -0.2) is 4.98 Å². The van der Waals surface area contributed by atoms with Crippen molar-refractivity contribution in [3.05, 3.63) is 88.8 Å². The predicted octanol–water partition coefficient (Wildman–Crippen LogP) is 5.43. The SMILES string of the molecule is N#C/C(=C\C=C\c1ccccc1)c1nc(-c2ccccc2)cs1. The molecule has 0 saturated heterocycles. The molecule has 0 aliphatic carbocycles. The topological polar surface area (TPSA) is 36.7 Å². The smallest absolute Gasteiger partial charge is 0.134 e. The van der Waals surface area contributed by atoms with E-state index in [2.05, 4.69) is 11.1 Å². The first-order valence-corrected chi connectivity index (χ1v) is 8.09. The summed E-state index contributed by atoms with van der Waals surface area (Å²) in [4.78, 5) is 4.57. The molecule has 0 unspecified atom stereocenters. The second-order valence-corrected chi connectivity index (χ2v) is 5.72. The largest absolute Gasteiger partial charge is 0.235 e. The van der Waals surface area contributed by atoms with Gasteiger partial charge < -0.3 is 0 Å². The summed E-state index contributed by atoms with van der Waals surface area (Å²) in [6, 6.07) is 22.2. The van der Waals surface area contributed by atoms with Gasteiger partial charge in [0.15, 0.2) is 0 Å². The normalized spacial score (nSPS) is 11.5. The summed E-state index contributed by atoms with van der Waals surface area (Å²) in [6.45, 7) is 0. The molecule has 0 N–H and O–H groups in total. The lowest BCUT2D eigenvalue weighted by molar-refractivity contribution is 1.37. The van der Waals surface area contributed by atoms with E-state index in [1.54, 1.807) is 6.08 Å². The minimum atomic E-state index is 0.573. The Morgan fingerprint density at radius 3 is 2.39 bits per heavy atom. The Morgan fingerprint density at radius 2 is 1.70 bits per heavy atom. The number of rotatable bonds is 4. The maximum absolute atomic E-state index is 9.37. The monoisotopic (exact) mass is 314 g/mol. The molecule has 0 radical (unpaired) electrons. The van der Waals surface area contributed by atoms with E-state index in [1.165, 1.54) is 11.3 Å². The highest BCUT2D eigenvalue weighted by atomic mass is 32.1. The Hall–Kier alpha value is -2.96. The molecule has 110 valence electrons. The molecule has 2 nitrogen and oxygen atoms in total. The van der Waals surface area contributed by atoms with Crippen LogP contribution in [0.15, 0.2) is 78.2 Å². The maximum Gasteiger partial charge on any atom is 0.134 e. The molecule has 23 heavy (non-hydrogen) atoms. The third kappa shape index (κ3) is 3.82. The zero-order valence-electron chi connectivity index (χ0n) is 12.4. The summed E-state index contributed by atoms with van der Waals surface area (Å²) in [5, 5.41) is 12.1. The van der Waals surface area contributed by atoms with Crippen LogP contribution in [-0.2, 0) is 0 Å². The van der Waals surface area contributed by atoms with Crippen LogP contribution in [0.4, 0.5) is 0 Å². The molecule has 3 aromatic rings. The van der Waals surface area contributed by atoms with Gasteiger partial charge >= 0.3 is 0 Å². The van der Waals surface area contributed by atoms with Crippen molar-refractivity contribution in [1.29, 1.82) is 5.26 Å². The van der Waals surface area contributed by atoms with Crippen molar-refractivity contribution < 1.29 is 0 Å². The number of benzene rings is 2. The van der Waals surface area contributed by atoms with Crippen LogP contribution >= 0.6 is 11.3 Å². The van der Waals surface area contributed by atoms with E-state index in [4.69, 9.17) is 0 Å². The fourth-order valence-electron chi connectivity index (χ4n) is 2.11. The highest BCUT2D eigenvalue weighted by Gasteiger charge is 2.07. The van der Waals surface area contributed by atoms with Gasteiger partial charge in [-0.2, -0.15) is 5.26 Å². The van der Waals surface area contributed by atoms with E-state index < -0.39 is 0 Å². The van der Waals surface area contributed by atoms with E-state index in [-0.39, 0.29) is 0 Å². The molecule has 0 fully saturated rings. The van der Waals surface area contributed by atoms with Gasteiger partial charge in [-0.1, -0.05) is 72.8 Å². The quantitative estimate of drug-likeness (QED) is 0.475. The molecule has 0 amide bonds. The van der Waals surface area contributed by atoms with Crippen LogP contribution in [0.2, 0.25) is 0 Å². The van der Waals surface area contributed by atoms with E-state index in [0.717, 1.165) is 21.8 Å². The highest BCUT2D eigenvalue weighted by Crippen LogP contribution is 2.25. The number of nitriles is 1. The third-order valence-electron chi connectivity index (χ3n) is 3.28. The van der Waals surface area contributed by atoms with Crippen LogP contribution in [0.1, 0.15) is 10.6 Å². The molecule has 0 aliphatic rings. The lowest BCUT2D eigenvalue weighted by atomic mass is 10.2. The van der Waals surface area contributed by atoms with Gasteiger partial charge in [-0.15, -0.1) is 11.3 Å². The average Bonchev–Trinajstić information content (AvgIpc) is 3.10. The van der Waals surface area contributed by atoms with E-state index in [0.29, 0.717) is 5.57 Å². The van der Waals surface area contributed by atoms with Crippen molar-refractivity contribution in [1.82, 2.24) is 4.98 Å². The molecule has 3 heteroatoms. The summed E-state index contributed by atoms with van der Waals surface area (Å²) in [7, 11) is 0. The van der Waals surface area contributed by atoms with Gasteiger partial charge in [-0.3, -0.25) is 0 Å². The van der Waals surface area contributed by atoms with E-state index in [1.807, 2.05) is 78.2 Å². The molecule has 0 bridgehead atoms. The fraction of sp³-hybridized carbons (Fsp3) is 0.